The summed E-state index contributed by atoms with van der Waals surface area (Å²) in [7, 11) is 0. The summed E-state index contributed by atoms with van der Waals surface area (Å²) < 4.78 is 5.46. The fourth-order valence-electron chi connectivity index (χ4n) is 3.58. The second kappa shape index (κ2) is 4.84. The molecule has 0 bridgehead atoms. The highest BCUT2D eigenvalue weighted by molar-refractivity contribution is 5.98. The first kappa shape index (κ1) is 12.8. The van der Waals surface area contributed by atoms with E-state index in [-0.39, 0.29) is 5.91 Å². The number of carbonyl (C=O) groups excluding carboxylic acids is 1. The predicted molar refractivity (Wildman–Crippen MR) is 79.1 cm³/mol. The third-order valence-corrected chi connectivity index (χ3v) is 4.97. The molecule has 1 N–H and O–H groups in total. The Kier molecular flexibility index (Phi) is 2.96. The Bertz CT molecular complexity index is 673. The van der Waals surface area contributed by atoms with Gasteiger partial charge < -0.3 is 9.64 Å². The average molecular weight is 285 g/mol. The van der Waals surface area contributed by atoms with Crippen LogP contribution in [0.3, 0.4) is 0 Å². The van der Waals surface area contributed by atoms with Crippen LogP contribution in [0, 0.1) is 5.41 Å². The second-order valence-corrected chi connectivity index (χ2v) is 6.26. The van der Waals surface area contributed by atoms with Crippen LogP contribution in [-0.2, 0) is 4.74 Å². The number of nitrogens with one attached hydrogen (secondary N) is 1. The Hall–Kier alpha value is -1.88. The van der Waals surface area contributed by atoms with E-state index in [1.807, 2.05) is 23.1 Å². The van der Waals surface area contributed by atoms with Crippen molar-refractivity contribution in [2.24, 2.45) is 5.41 Å². The summed E-state index contributed by atoms with van der Waals surface area (Å²) in [6.07, 6.45) is 5.03. The topological polar surface area (TPSA) is 58.2 Å². The molecule has 5 heteroatoms. The molecule has 2 aliphatic rings. The quantitative estimate of drug-likeness (QED) is 0.874. The van der Waals surface area contributed by atoms with Crippen molar-refractivity contribution >= 4 is 16.8 Å². The van der Waals surface area contributed by atoms with Gasteiger partial charge in [-0.3, -0.25) is 9.89 Å². The normalized spacial score (nSPS) is 21.2. The first-order valence-electron chi connectivity index (χ1n) is 7.56. The molecule has 4 rings (SSSR count). The third kappa shape index (κ3) is 2.21. The van der Waals surface area contributed by atoms with Gasteiger partial charge in [0.05, 0.1) is 11.7 Å². The van der Waals surface area contributed by atoms with Crippen LogP contribution in [0.15, 0.2) is 24.4 Å². The van der Waals surface area contributed by atoms with Gasteiger partial charge in [0, 0.05) is 37.3 Å². The van der Waals surface area contributed by atoms with Gasteiger partial charge in [0.2, 0.25) is 0 Å². The van der Waals surface area contributed by atoms with Gasteiger partial charge in [-0.2, -0.15) is 5.10 Å². The smallest absolute Gasteiger partial charge is 0.253 e. The lowest BCUT2D eigenvalue weighted by atomic mass is 9.80. The molecular formula is C16H19N3O2. The molecule has 2 fully saturated rings. The van der Waals surface area contributed by atoms with Crippen LogP contribution in [0.2, 0.25) is 0 Å². The monoisotopic (exact) mass is 285 g/mol. The largest absolute Gasteiger partial charge is 0.381 e. The molecule has 21 heavy (non-hydrogen) atoms. The number of H-pyrrole nitrogens is 1. The number of benzene rings is 1. The van der Waals surface area contributed by atoms with Crippen molar-refractivity contribution in [3.63, 3.8) is 0 Å². The Labute approximate surface area is 123 Å². The average Bonchev–Trinajstić information content (AvgIpc) is 3.14. The number of fused-ring (bicyclic) bond motifs is 1. The molecule has 2 aliphatic heterocycles. The number of rotatable bonds is 1. The molecule has 0 radical (unpaired) electrons. The maximum absolute atomic E-state index is 12.7. The first-order valence-corrected chi connectivity index (χ1v) is 7.56. The molecule has 0 unspecified atom stereocenters. The van der Waals surface area contributed by atoms with Gasteiger partial charge in [-0.1, -0.05) is 0 Å². The molecule has 1 spiro atoms. The highest BCUT2D eigenvalue weighted by Crippen LogP contribution is 2.40. The zero-order chi connectivity index (χ0) is 14.3. The van der Waals surface area contributed by atoms with E-state index in [2.05, 4.69) is 10.2 Å². The minimum atomic E-state index is 0.140. The number of carbonyl (C=O) groups is 1. The van der Waals surface area contributed by atoms with E-state index in [0.29, 0.717) is 5.41 Å². The number of hydrogen-bond acceptors (Lipinski definition) is 3. The molecule has 2 aromatic rings. The van der Waals surface area contributed by atoms with Crippen LogP contribution in [-0.4, -0.2) is 47.3 Å². The van der Waals surface area contributed by atoms with Crippen LogP contribution in [0.4, 0.5) is 0 Å². The van der Waals surface area contributed by atoms with Crippen LogP contribution in [0.25, 0.3) is 10.9 Å². The minimum absolute atomic E-state index is 0.140. The summed E-state index contributed by atoms with van der Waals surface area (Å²) >= 11 is 0. The molecule has 5 nitrogen and oxygen atoms in total. The number of likely N-dealkylation sites (tertiary alicyclic amines) is 1. The zero-order valence-corrected chi connectivity index (χ0v) is 12.0. The van der Waals surface area contributed by atoms with E-state index in [1.165, 1.54) is 0 Å². The van der Waals surface area contributed by atoms with Crippen LogP contribution < -0.4 is 0 Å². The molecule has 1 amide bonds. The molecule has 1 aromatic heterocycles. The van der Waals surface area contributed by atoms with E-state index in [1.54, 1.807) is 6.20 Å². The van der Waals surface area contributed by atoms with Gasteiger partial charge in [0.1, 0.15) is 0 Å². The number of hydrogen-bond donors (Lipinski definition) is 1. The zero-order valence-electron chi connectivity index (χ0n) is 12.0. The molecule has 110 valence electrons. The highest BCUT2D eigenvalue weighted by atomic mass is 16.5. The van der Waals surface area contributed by atoms with Crippen molar-refractivity contribution in [2.45, 2.75) is 19.3 Å². The fourth-order valence-corrected chi connectivity index (χ4v) is 3.58. The summed E-state index contributed by atoms with van der Waals surface area (Å²) in [4.78, 5) is 14.7. The van der Waals surface area contributed by atoms with Crippen LogP contribution in [0.1, 0.15) is 29.6 Å². The van der Waals surface area contributed by atoms with Crippen LogP contribution in [0.5, 0.6) is 0 Å². The second-order valence-electron chi connectivity index (χ2n) is 6.26. The van der Waals surface area contributed by atoms with Gasteiger partial charge >= 0.3 is 0 Å². The lowest BCUT2D eigenvalue weighted by Crippen LogP contribution is -2.35. The van der Waals surface area contributed by atoms with Crippen molar-refractivity contribution in [1.29, 1.82) is 0 Å². The summed E-state index contributed by atoms with van der Waals surface area (Å²) in [6.45, 7) is 3.41. The number of aromatic nitrogens is 2. The predicted octanol–water partition coefficient (Wildman–Crippen LogP) is 2.21. The summed E-state index contributed by atoms with van der Waals surface area (Å²) in [5.74, 6) is 0.140. The van der Waals surface area contributed by atoms with E-state index in [9.17, 15) is 4.79 Å². The van der Waals surface area contributed by atoms with Crippen molar-refractivity contribution in [1.82, 2.24) is 15.1 Å². The Morgan fingerprint density at radius 2 is 2.14 bits per heavy atom. The van der Waals surface area contributed by atoms with Crippen molar-refractivity contribution in [2.75, 3.05) is 26.3 Å². The number of nitrogens with zero attached hydrogens (tertiary/aromatic N) is 2. The molecule has 2 saturated heterocycles. The van der Waals surface area contributed by atoms with Gasteiger partial charge in [-0.05, 0) is 42.9 Å². The molecule has 0 atom stereocenters. The molecule has 3 heterocycles. The summed E-state index contributed by atoms with van der Waals surface area (Å²) in [5.41, 5.74) is 2.02. The Morgan fingerprint density at radius 1 is 1.29 bits per heavy atom. The van der Waals surface area contributed by atoms with Gasteiger partial charge in [-0.25, -0.2) is 0 Å². The molecular weight excluding hydrogens is 266 g/mol. The summed E-state index contributed by atoms with van der Waals surface area (Å²) in [6, 6.07) is 5.74. The van der Waals surface area contributed by atoms with Crippen molar-refractivity contribution in [3.05, 3.63) is 30.0 Å². The van der Waals surface area contributed by atoms with Gasteiger partial charge in [-0.15, -0.1) is 0 Å². The van der Waals surface area contributed by atoms with Crippen molar-refractivity contribution in [3.8, 4) is 0 Å². The number of amides is 1. The van der Waals surface area contributed by atoms with Gasteiger partial charge in [0.15, 0.2) is 0 Å². The minimum Gasteiger partial charge on any atom is -0.381 e. The molecule has 1 aromatic carbocycles. The maximum Gasteiger partial charge on any atom is 0.253 e. The molecule has 0 aliphatic carbocycles. The van der Waals surface area contributed by atoms with E-state index >= 15 is 0 Å². The van der Waals surface area contributed by atoms with Crippen LogP contribution >= 0.6 is 0 Å². The fraction of sp³-hybridized carbons (Fsp3) is 0.500. The Morgan fingerprint density at radius 3 is 3.00 bits per heavy atom. The summed E-state index contributed by atoms with van der Waals surface area (Å²) in [5, 5.41) is 7.90. The lowest BCUT2D eigenvalue weighted by Gasteiger charge is -2.33. The number of aromatic amines is 1. The third-order valence-electron chi connectivity index (χ3n) is 4.97. The molecule has 0 saturated carbocycles. The van der Waals surface area contributed by atoms with Crippen molar-refractivity contribution < 1.29 is 9.53 Å². The standard InChI is InChI=1S/C16H19N3O2/c20-15(12-1-2-14-13(9-12)10-17-18-14)19-6-3-16(11-19)4-7-21-8-5-16/h1-2,9-10H,3-8,11H2,(H,17,18). The lowest BCUT2D eigenvalue weighted by molar-refractivity contribution is 0.0191. The van der Waals surface area contributed by atoms with E-state index in [0.717, 1.165) is 62.0 Å². The van der Waals surface area contributed by atoms with E-state index in [4.69, 9.17) is 4.74 Å². The first-order chi connectivity index (χ1) is 10.3. The highest BCUT2D eigenvalue weighted by Gasteiger charge is 2.41. The Balaban J connectivity index is 1.54. The SMILES string of the molecule is O=C(c1ccc2[nH]ncc2c1)N1CCC2(CCOCC2)C1. The number of ether oxygens (including phenoxy) is 1. The van der Waals surface area contributed by atoms with Gasteiger partial charge in [0.25, 0.3) is 5.91 Å². The van der Waals surface area contributed by atoms with E-state index < -0.39 is 0 Å². The maximum atomic E-state index is 12.7.